The molecule has 0 fully saturated rings. The van der Waals surface area contributed by atoms with Gasteiger partial charge in [0.1, 0.15) is 0 Å². The SMILES string of the molecule is O=C(NCc1cn[nH]c1)OCC(F)F. The number of halogens is 2. The van der Waals surface area contributed by atoms with Crippen LogP contribution >= 0.6 is 0 Å². The smallest absolute Gasteiger partial charge is 0.407 e. The van der Waals surface area contributed by atoms with E-state index in [0.29, 0.717) is 0 Å². The fourth-order valence-electron chi connectivity index (χ4n) is 0.738. The third-order valence-electron chi connectivity index (χ3n) is 1.33. The Morgan fingerprint density at radius 1 is 1.71 bits per heavy atom. The molecule has 0 saturated heterocycles. The number of ether oxygens (including phenoxy) is 1. The lowest BCUT2D eigenvalue weighted by Gasteiger charge is -2.04. The Kier molecular flexibility index (Phi) is 3.84. The molecule has 78 valence electrons. The predicted octanol–water partition coefficient (Wildman–Crippen LogP) is 0.901. The van der Waals surface area contributed by atoms with E-state index in [2.05, 4.69) is 20.3 Å². The average Bonchev–Trinajstić information content (AvgIpc) is 2.63. The number of carbonyl (C=O) groups is 1. The van der Waals surface area contributed by atoms with Crippen LogP contribution in [0, 0.1) is 0 Å². The van der Waals surface area contributed by atoms with Gasteiger partial charge in [-0.3, -0.25) is 5.10 Å². The van der Waals surface area contributed by atoms with Crippen molar-refractivity contribution in [1.29, 1.82) is 0 Å². The number of aromatic nitrogens is 2. The molecule has 0 unspecified atom stereocenters. The van der Waals surface area contributed by atoms with E-state index in [1.54, 1.807) is 6.20 Å². The first-order valence-electron chi connectivity index (χ1n) is 3.85. The Morgan fingerprint density at radius 2 is 2.50 bits per heavy atom. The number of carbonyl (C=O) groups excluding carboxylic acids is 1. The summed E-state index contributed by atoms with van der Waals surface area (Å²) in [5.74, 6) is 0. The van der Waals surface area contributed by atoms with Crippen LogP contribution in [0.15, 0.2) is 12.4 Å². The van der Waals surface area contributed by atoms with Crippen LogP contribution in [-0.2, 0) is 11.3 Å². The Balaban J connectivity index is 2.15. The van der Waals surface area contributed by atoms with E-state index in [0.717, 1.165) is 5.56 Å². The zero-order valence-corrected chi connectivity index (χ0v) is 7.17. The fourth-order valence-corrected chi connectivity index (χ4v) is 0.738. The number of hydrogen-bond donors (Lipinski definition) is 2. The van der Waals surface area contributed by atoms with Gasteiger partial charge in [-0.15, -0.1) is 0 Å². The van der Waals surface area contributed by atoms with Gasteiger partial charge in [0, 0.05) is 18.3 Å². The molecule has 1 rings (SSSR count). The molecule has 0 aliphatic carbocycles. The first-order valence-corrected chi connectivity index (χ1v) is 3.85. The van der Waals surface area contributed by atoms with Gasteiger partial charge in [-0.05, 0) is 0 Å². The third kappa shape index (κ3) is 3.83. The number of nitrogens with zero attached hydrogens (tertiary/aromatic N) is 1. The maximum absolute atomic E-state index is 11.6. The molecule has 0 aliphatic heterocycles. The van der Waals surface area contributed by atoms with Crippen molar-refractivity contribution in [3.05, 3.63) is 18.0 Å². The van der Waals surface area contributed by atoms with Crippen molar-refractivity contribution < 1.29 is 18.3 Å². The summed E-state index contributed by atoms with van der Waals surface area (Å²) in [6.07, 6.45) is -0.429. The summed E-state index contributed by atoms with van der Waals surface area (Å²) in [6.45, 7) is -0.699. The van der Waals surface area contributed by atoms with Crippen LogP contribution < -0.4 is 5.32 Å². The number of amides is 1. The van der Waals surface area contributed by atoms with Crippen molar-refractivity contribution in [1.82, 2.24) is 15.5 Å². The van der Waals surface area contributed by atoms with Crippen LogP contribution in [-0.4, -0.2) is 29.3 Å². The second-order valence-corrected chi connectivity index (χ2v) is 2.45. The van der Waals surface area contributed by atoms with Gasteiger partial charge in [0.15, 0.2) is 6.61 Å². The van der Waals surface area contributed by atoms with Gasteiger partial charge < -0.3 is 10.1 Å². The minimum Gasteiger partial charge on any atom is -0.443 e. The Bertz CT molecular complexity index is 276. The van der Waals surface area contributed by atoms with Gasteiger partial charge in [-0.1, -0.05) is 0 Å². The summed E-state index contributed by atoms with van der Waals surface area (Å²) >= 11 is 0. The highest BCUT2D eigenvalue weighted by atomic mass is 19.3. The fraction of sp³-hybridized carbons (Fsp3) is 0.429. The predicted molar refractivity (Wildman–Crippen MR) is 42.8 cm³/mol. The molecule has 0 aliphatic rings. The molecule has 1 heterocycles. The lowest BCUT2D eigenvalue weighted by Crippen LogP contribution is -2.25. The molecule has 0 aromatic carbocycles. The second kappa shape index (κ2) is 5.15. The maximum atomic E-state index is 11.6. The molecular formula is C7H9F2N3O2. The van der Waals surface area contributed by atoms with E-state index in [1.807, 2.05) is 0 Å². The highest BCUT2D eigenvalue weighted by Crippen LogP contribution is 1.95. The summed E-state index contributed by atoms with van der Waals surface area (Å²) in [6, 6.07) is 0. The Morgan fingerprint density at radius 3 is 3.07 bits per heavy atom. The number of rotatable bonds is 4. The molecule has 0 saturated carbocycles. The summed E-state index contributed by atoms with van der Waals surface area (Å²) in [7, 11) is 0. The topological polar surface area (TPSA) is 67.0 Å². The van der Waals surface area contributed by atoms with Gasteiger partial charge in [0.05, 0.1) is 6.20 Å². The number of alkyl carbamates (subject to hydrolysis) is 1. The van der Waals surface area contributed by atoms with Gasteiger partial charge in [0.2, 0.25) is 0 Å². The first kappa shape index (κ1) is 10.4. The summed E-state index contributed by atoms with van der Waals surface area (Å²) in [5.41, 5.74) is 0.735. The van der Waals surface area contributed by atoms with E-state index in [-0.39, 0.29) is 6.54 Å². The van der Waals surface area contributed by atoms with E-state index >= 15 is 0 Å². The Labute approximate surface area is 78.4 Å². The number of hydrogen-bond acceptors (Lipinski definition) is 3. The van der Waals surface area contributed by atoms with E-state index in [9.17, 15) is 13.6 Å². The molecule has 1 amide bonds. The van der Waals surface area contributed by atoms with Crippen molar-refractivity contribution in [2.24, 2.45) is 0 Å². The van der Waals surface area contributed by atoms with Gasteiger partial charge in [-0.25, -0.2) is 13.6 Å². The van der Waals surface area contributed by atoms with E-state index < -0.39 is 19.1 Å². The summed E-state index contributed by atoms with van der Waals surface area (Å²) in [5, 5.41) is 8.46. The molecule has 5 nitrogen and oxygen atoms in total. The number of nitrogens with one attached hydrogen (secondary N) is 2. The van der Waals surface area contributed by atoms with Crippen molar-refractivity contribution in [2.75, 3.05) is 6.61 Å². The van der Waals surface area contributed by atoms with Crippen LogP contribution in [0.3, 0.4) is 0 Å². The van der Waals surface area contributed by atoms with Gasteiger partial charge in [-0.2, -0.15) is 5.10 Å². The molecule has 0 radical (unpaired) electrons. The van der Waals surface area contributed by atoms with E-state index in [4.69, 9.17) is 0 Å². The van der Waals surface area contributed by atoms with Crippen LogP contribution in [0.4, 0.5) is 13.6 Å². The summed E-state index contributed by atoms with van der Waals surface area (Å²) in [4.78, 5) is 10.7. The van der Waals surface area contributed by atoms with Crippen molar-refractivity contribution in [3.8, 4) is 0 Å². The number of H-pyrrole nitrogens is 1. The maximum Gasteiger partial charge on any atom is 0.407 e. The molecule has 14 heavy (non-hydrogen) atoms. The highest BCUT2D eigenvalue weighted by molar-refractivity contribution is 5.67. The minimum atomic E-state index is -2.64. The molecular weight excluding hydrogens is 196 g/mol. The highest BCUT2D eigenvalue weighted by Gasteiger charge is 2.07. The third-order valence-corrected chi connectivity index (χ3v) is 1.33. The first-order chi connectivity index (χ1) is 6.68. The molecule has 2 N–H and O–H groups in total. The van der Waals surface area contributed by atoms with Gasteiger partial charge in [0.25, 0.3) is 6.43 Å². The zero-order chi connectivity index (χ0) is 10.4. The van der Waals surface area contributed by atoms with Crippen molar-refractivity contribution >= 4 is 6.09 Å². The van der Waals surface area contributed by atoms with E-state index in [1.165, 1.54) is 6.20 Å². The molecule has 1 aromatic rings. The molecule has 7 heteroatoms. The van der Waals surface area contributed by atoms with Gasteiger partial charge >= 0.3 is 6.09 Å². The lowest BCUT2D eigenvalue weighted by atomic mass is 10.4. The van der Waals surface area contributed by atoms with Crippen molar-refractivity contribution in [2.45, 2.75) is 13.0 Å². The van der Waals surface area contributed by atoms with Crippen LogP contribution in [0.25, 0.3) is 0 Å². The molecule has 0 bridgehead atoms. The normalized spacial score (nSPS) is 10.2. The zero-order valence-electron chi connectivity index (χ0n) is 7.17. The largest absolute Gasteiger partial charge is 0.443 e. The van der Waals surface area contributed by atoms with Crippen molar-refractivity contribution in [3.63, 3.8) is 0 Å². The Hall–Kier alpha value is -1.66. The monoisotopic (exact) mass is 205 g/mol. The van der Waals surface area contributed by atoms with Crippen LogP contribution in [0.2, 0.25) is 0 Å². The second-order valence-electron chi connectivity index (χ2n) is 2.45. The number of aromatic amines is 1. The van der Waals surface area contributed by atoms with Crippen LogP contribution in [0.1, 0.15) is 5.56 Å². The molecule has 0 atom stereocenters. The standard InChI is InChI=1S/C7H9F2N3O2/c8-6(9)4-14-7(13)10-1-5-2-11-12-3-5/h2-3,6H,1,4H2,(H,10,13)(H,11,12). The average molecular weight is 205 g/mol. The quantitative estimate of drug-likeness (QED) is 0.767. The lowest BCUT2D eigenvalue weighted by molar-refractivity contribution is 0.0487. The number of alkyl halides is 2. The van der Waals surface area contributed by atoms with Crippen LogP contribution in [0.5, 0.6) is 0 Å². The summed E-state index contributed by atoms with van der Waals surface area (Å²) < 4.78 is 27.3. The molecule has 0 spiro atoms. The minimum absolute atomic E-state index is 0.193. The molecule has 1 aromatic heterocycles.